The molecule has 2 aromatic carbocycles. The summed E-state index contributed by atoms with van der Waals surface area (Å²) in [4.78, 5) is 12.1. The van der Waals surface area contributed by atoms with Crippen LogP contribution in [0, 0.1) is 6.92 Å². The van der Waals surface area contributed by atoms with E-state index < -0.39 is 0 Å². The molecular weight excluding hydrogens is 293 g/mol. The molecule has 2 nitrogen and oxygen atoms in total. The molecule has 0 saturated carbocycles. The zero-order chi connectivity index (χ0) is 14.5. The van der Waals surface area contributed by atoms with Crippen LogP contribution in [-0.2, 0) is 12.4 Å². The van der Waals surface area contributed by atoms with Crippen LogP contribution in [0.2, 0.25) is 5.02 Å². The molecule has 2 aromatic rings. The van der Waals surface area contributed by atoms with Gasteiger partial charge in [-0.2, -0.15) is 0 Å². The van der Waals surface area contributed by atoms with E-state index in [1.54, 1.807) is 18.2 Å². The first kappa shape index (κ1) is 14.9. The number of nitrogens with one attached hydrogen (secondary N) is 1. The van der Waals surface area contributed by atoms with Crippen molar-refractivity contribution in [3.8, 4) is 0 Å². The number of aryl methyl sites for hydroxylation is 1. The summed E-state index contributed by atoms with van der Waals surface area (Å²) in [6.45, 7) is 2.35. The van der Waals surface area contributed by atoms with Gasteiger partial charge in [0.15, 0.2) is 0 Å². The first-order valence-corrected chi connectivity index (χ1v) is 7.19. The van der Waals surface area contributed by atoms with Crippen molar-refractivity contribution in [3.63, 3.8) is 0 Å². The van der Waals surface area contributed by atoms with Gasteiger partial charge in [0.1, 0.15) is 0 Å². The lowest BCUT2D eigenvalue weighted by molar-refractivity contribution is 0.0950. The van der Waals surface area contributed by atoms with Crippen LogP contribution in [0.1, 0.15) is 27.0 Å². The molecule has 4 heteroatoms. The lowest BCUT2D eigenvalue weighted by Crippen LogP contribution is -2.23. The zero-order valence-corrected chi connectivity index (χ0v) is 12.6. The van der Waals surface area contributed by atoms with E-state index in [-0.39, 0.29) is 5.91 Å². The molecule has 0 unspecified atom stereocenters. The highest BCUT2D eigenvalue weighted by molar-refractivity contribution is 6.30. The topological polar surface area (TPSA) is 29.1 Å². The van der Waals surface area contributed by atoms with Crippen molar-refractivity contribution in [3.05, 3.63) is 69.7 Å². The van der Waals surface area contributed by atoms with Crippen LogP contribution in [0.25, 0.3) is 0 Å². The standard InChI is InChI=1S/C16H15Cl2NO/c1-11-7-14(18)5-6-15(11)16(20)19-10-13-4-2-3-12(8-13)9-17/h2-8H,9-10H2,1H3,(H,19,20). The molecule has 0 aliphatic rings. The van der Waals surface area contributed by atoms with E-state index in [2.05, 4.69) is 5.32 Å². The number of amides is 1. The Labute approximate surface area is 128 Å². The number of rotatable bonds is 4. The van der Waals surface area contributed by atoms with E-state index in [9.17, 15) is 4.79 Å². The molecular formula is C16H15Cl2NO. The highest BCUT2D eigenvalue weighted by Crippen LogP contribution is 2.15. The van der Waals surface area contributed by atoms with Gasteiger partial charge in [0.2, 0.25) is 0 Å². The fourth-order valence-electron chi connectivity index (χ4n) is 1.98. The monoisotopic (exact) mass is 307 g/mol. The fourth-order valence-corrected chi connectivity index (χ4v) is 2.38. The molecule has 0 aromatic heterocycles. The maximum atomic E-state index is 12.1. The first-order valence-electron chi connectivity index (χ1n) is 6.28. The summed E-state index contributed by atoms with van der Waals surface area (Å²) in [7, 11) is 0. The Morgan fingerprint density at radius 3 is 2.60 bits per heavy atom. The molecule has 0 saturated heterocycles. The molecule has 0 spiro atoms. The van der Waals surface area contributed by atoms with Crippen LogP contribution in [-0.4, -0.2) is 5.91 Å². The second-order valence-electron chi connectivity index (χ2n) is 4.60. The van der Waals surface area contributed by atoms with E-state index in [0.29, 0.717) is 23.0 Å². The van der Waals surface area contributed by atoms with Gasteiger partial charge in [-0.3, -0.25) is 4.79 Å². The number of carbonyl (C=O) groups excluding carboxylic acids is 1. The molecule has 0 aliphatic carbocycles. The Morgan fingerprint density at radius 1 is 1.15 bits per heavy atom. The minimum Gasteiger partial charge on any atom is -0.348 e. The van der Waals surface area contributed by atoms with Gasteiger partial charge in [-0.25, -0.2) is 0 Å². The van der Waals surface area contributed by atoms with Crippen LogP contribution < -0.4 is 5.32 Å². The van der Waals surface area contributed by atoms with Crippen LogP contribution in [0.4, 0.5) is 0 Å². The average Bonchev–Trinajstić information content (AvgIpc) is 2.45. The molecule has 0 heterocycles. The zero-order valence-electron chi connectivity index (χ0n) is 11.1. The van der Waals surface area contributed by atoms with Crippen molar-refractivity contribution in [1.29, 1.82) is 0 Å². The number of hydrogen-bond donors (Lipinski definition) is 1. The van der Waals surface area contributed by atoms with Gasteiger partial charge in [-0.05, 0) is 41.8 Å². The maximum Gasteiger partial charge on any atom is 0.251 e. The summed E-state index contributed by atoms with van der Waals surface area (Å²) >= 11 is 11.7. The predicted molar refractivity (Wildman–Crippen MR) is 83.4 cm³/mol. The van der Waals surface area contributed by atoms with Crippen molar-refractivity contribution in [1.82, 2.24) is 5.32 Å². The number of carbonyl (C=O) groups is 1. The highest BCUT2D eigenvalue weighted by atomic mass is 35.5. The molecule has 1 amide bonds. The van der Waals surface area contributed by atoms with E-state index in [0.717, 1.165) is 16.7 Å². The molecule has 2 rings (SSSR count). The molecule has 0 aliphatic heterocycles. The van der Waals surface area contributed by atoms with Gasteiger partial charge in [-0.1, -0.05) is 35.9 Å². The predicted octanol–water partition coefficient (Wildman–Crippen LogP) is 4.32. The van der Waals surface area contributed by atoms with Crippen molar-refractivity contribution < 1.29 is 4.79 Å². The van der Waals surface area contributed by atoms with E-state index in [1.165, 1.54) is 0 Å². The van der Waals surface area contributed by atoms with Gasteiger partial charge < -0.3 is 5.32 Å². The summed E-state index contributed by atoms with van der Waals surface area (Å²) in [5, 5.41) is 3.53. The lowest BCUT2D eigenvalue weighted by Gasteiger charge is -2.09. The summed E-state index contributed by atoms with van der Waals surface area (Å²) in [6.07, 6.45) is 0. The molecule has 0 atom stereocenters. The van der Waals surface area contributed by atoms with Gasteiger partial charge in [-0.15, -0.1) is 11.6 Å². The van der Waals surface area contributed by atoms with E-state index >= 15 is 0 Å². The summed E-state index contributed by atoms with van der Waals surface area (Å²) in [5.74, 6) is 0.369. The minimum atomic E-state index is -0.101. The van der Waals surface area contributed by atoms with Crippen LogP contribution in [0.3, 0.4) is 0 Å². The third-order valence-electron chi connectivity index (χ3n) is 3.03. The molecule has 20 heavy (non-hydrogen) atoms. The summed E-state index contributed by atoms with van der Waals surface area (Å²) in [5.41, 5.74) is 3.58. The van der Waals surface area contributed by atoms with Crippen molar-refractivity contribution in [2.45, 2.75) is 19.3 Å². The Morgan fingerprint density at radius 2 is 1.90 bits per heavy atom. The normalized spacial score (nSPS) is 10.3. The van der Waals surface area contributed by atoms with Crippen LogP contribution >= 0.6 is 23.2 Å². The van der Waals surface area contributed by atoms with Gasteiger partial charge in [0.05, 0.1) is 0 Å². The minimum absolute atomic E-state index is 0.101. The number of benzene rings is 2. The third-order valence-corrected chi connectivity index (χ3v) is 3.58. The maximum absolute atomic E-state index is 12.1. The van der Waals surface area contributed by atoms with E-state index in [1.807, 2.05) is 31.2 Å². The second-order valence-corrected chi connectivity index (χ2v) is 5.30. The van der Waals surface area contributed by atoms with Crippen molar-refractivity contribution in [2.24, 2.45) is 0 Å². The van der Waals surface area contributed by atoms with Gasteiger partial charge >= 0.3 is 0 Å². The largest absolute Gasteiger partial charge is 0.348 e. The second kappa shape index (κ2) is 6.78. The van der Waals surface area contributed by atoms with Crippen molar-refractivity contribution >= 4 is 29.1 Å². The summed E-state index contributed by atoms with van der Waals surface area (Å²) in [6, 6.07) is 13.1. The highest BCUT2D eigenvalue weighted by Gasteiger charge is 2.08. The molecule has 0 radical (unpaired) electrons. The van der Waals surface area contributed by atoms with Gasteiger partial charge in [0.25, 0.3) is 5.91 Å². The molecule has 0 bridgehead atoms. The molecule has 1 N–H and O–H groups in total. The Kier molecular flexibility index (Phi) is 5.05. The Balaban J connectivity index is 2.04. The first-order chi connectivity index (χ1) is 9.60. The molecule has 0 fully saturated rings. The number of halogens is 2. The third kappa shape index (κ3) is 3.75. The average molecular weight is 308 g/mol. The smallest absolute Gasteiger partial charge is 0.251 e. The van der Waals surface area contributed by atoms with Gasteiger partial charge in [0, 0.05) is 23.0 Å². The van der Waals surface area contributed by atoms with Crippen molar-refractivity contribution in [2.75, 3.05) is 0 Å². The summed E-state index contributed by atoms with van der Waals surface area (Å²) < 4.78 is 0. The molecule has 104 valence electrons. The quantitative estimate of drug-likeness (QED) is 0.838. The Hall–Kier alpha value is -1.51. The lowest BCUT2D eigenvalue weighted by atomic mass is 10.1. The van der Waals surface area contributed by atoms with E-state index in [4.69, 9.17) is 23.2 Å². The van der Waals surface area contributed by atoms with Crippen LogP contribution in [0.5, 0.6) is 0 Å². The number of hydrogen-bond acceptors (Lipinski definition) is 1. The Bertz CT molecular complexity index is 626. The number of alkyl halides is 1. The SMILES string of the molecule is Cc1cc(Cl)ccc1C(=O)NCc1cccc(CCl)c1. The fraction of sp³-hybridized carbons (Fsp3) is 0.188. The van der Waals surface area contributed by atoms with Crippen LogP contribution in [0.15, 0.2) is 42.5 Å².